The monoisotopic (exact) mass is 193 g/mol. The van der Waals surface area contributed by atoms with Crippen LogP contribution < -0.4 is 0 Å². The van der Waals surface area contributed by atoms with Crippen LogP contribution in [0.4, 0.5) is 0 Å². The third-order valence-corrected chi connectivity index (χ3v) is 2.85. The first kappa shape index (κ1) is 9.31. The molecule has 1 aromatic heterocycles. The number of carbonyl (C=O) groups excluding carboxylic acids is 1. The van der Waals surface area contributed by atoms with Gasteiger partial charge in [0.05, 0.1) is 13.0 Å². The summed E-state index contributed by atoms with van der Waals surface area (Å²) >= 11 is 0. The average Bonchev–Trinajstić information content (AvgIpc) is 2.92. The van der Waals surface area contributed by atoms with E-state index in [0.29, 0.717) is 5.92 Å². The zero-order chi connectivity index (χ0) is 10.1. The van der Waals surface area contributed by atoms with Gasteiger partial charge in [0.25, 0.3) is 0 Å². The Hall–Kier alpha value is -1.25. The lowest BCUT2D eigenvalue weighted by atomic mass is 10.00. The van der Waals surface area contributed by atoms with Crippen molar-refractivity contribution < 1.29 is 9.53 Å². The highest BCUT2D eigenvalue weighted by atomic mass is 16.5. The van der Waals surface area contributed by atoms with Crippen molar-refractivity contribution in [1.29, 1.82) is 0 Å². The maximum Gasteiger partial charge on any atom is 0.314 e. The minimum atomic E-state index is -0.102. The van der Waals surface area contributed by atoms with Crippen LogP contribution in [0, 0.1) is 5.92 Å². The molecule has 3 heteroatoms. The van der Waals surface area contributed by atoms with Gasteiger partial charge < -0.3 is 9.30 Å². The molecule has 2 rings (SSSR count). The van der Waals surface area contributed by atoms with Crippen molar-refractivity contribution in [3.05, 3.63) is 24.0 Å². The van der Waals surface area contributed by atoms with Gasteiger partial charge in [-0.15, -0.1) is 0 Å². The van der Waals surface area contributed by atoms with Crippen molar-refractivity contribution in [1.82, 2.24) is 4.57 Å². The number of aromatic nitrogens is 1. The fourth-order valence-electron chi connectivity index (χ4n) is 1.91. The summed E-state index contributed by atoms with van der Waals surface area (Å²) in [7, 11) is 3.42. The molecule has 1 atom stereocenters. The molecule has 1 unspecified atom stereocenters. The van der Waals surface area contributed by atoms with E-state index in [1.165, 1.54) is 7.11 Å². The van der Waals surface area contributed by atoms with Crippen LogP contribution in [0.5, 0.6) is 0 Å². The van der Waals surface area contributed by atoms with Crippen molar-refractivity contribution in [3.8, 4) is 0 Å². The second kappa shape index (κ2) is 3.48. The SMILES string of the molecule is COC(=O)C(c1cccn1C)C1CC1. The number of rotatable bonds is 3. The largest absolute Gasteiger partial charge is 0.468 e. The summed E-state index contributed by atoms with van der Waals surface area (Å²) in [5.74, 6) is 0.338. The Bertz CT molecular complexity index is 339. The van der Waals surface area contributed by atoms with E-state index in [9.17, 15) is 4.79 Å². The van der Waals surface area contributed by atoms with Gasteiger partial charge in [-0.25, -0.2) is 0 Å². The lowest BCUT2D eigenvalue weighted by Crippen LogP contribution is -2.18. The Balaban J connectivity index is 2.26. The lowest BCUT2D eigenvalue weighted by molar-refractivity contribution is -0.143. The number of carbonyl (C=O) groups is 1. The van der Waals surface area contributed by atoms with E-state index in [1.807, 2.05) is 29.9 Å². The molecule has 1 heterocycles. The summed E-state index contributed by atoms with van der Waals surface area (Å²) in [5.41, 5.74) is 1.07. The molecule has 1 aromatic rings. The van der Waals surface area contributed by atoms with Gasteiger partial charge in [-0.05, 0) is 30.9 Å². The fourth-order valence-corrected chi connectivity index (χ4v) is 1.91. The Morgan fingerprint density at radius 3 is 2.79 bits per heavy atom. The second-order valence-electron chi connectivity index (χ2n) is 3.88. The Labute approximate surface area is 83.7 Å². The van der Waals surface area contributed by atoms with E-state index in [2.05, 4.69) is 0 Å². The number of nitrogens with zero attached hydrogens (tertiary/aromatic N) is 1. The first-order valence-corrected chi connectivity index (χ1v) is 4.93. The van der Waals surface area contributed by atoms with Crippen LogP contribution >= 0.6 is 0 Å². The van der Waals surface area contributed by atoms with Gasteiger partial charge in [-0.2, -0.15) is 0 Å². The Kier molecular flexibility index (Phi) is 2.32. The summed E-state index contributed by atoms with van der Waals surface area (Å²) < 4.78 is 6.84. The molecule has 0 radical (unpaired) electrons. The second-order valence-corrected chi connectivity index (χ2v) is 3.88. The highest BCUT2D eigenvalue weighted by Gasteiger charge is 2.39. The number of hydrogen-bond acceptors (Lipinski definition) is 2. The predicted octanol–water partition coefficient (Wildman–Crippen LogP) is 1.69. The number of methoxy groups -OCH3 is 1. The van der Waals surface area contributed by atoms with Gasteiger partial charge in [-0.1, -0.05) is 0 Å². The third kappa shape index (κ3) is 1.54. The van der Waals surface area contributed by atoms with Crippen molar-refractivity contribution >= 4 is 5.97 Å². The van der Waals surface area contributed by atoms with E-state index in [-0.39, 0.29) is 11.9 Å². The fraction of sp³-hybridized carbons (Fsp3) is 0.545. The molecule has 0 spiro atoms. The summed E-state index contributed by atoms with van der Waals surface area (Å²) in [6.07, 6.45) is 4.25. The summed E-state index contributed by atoms with van der Waals surface area (Å²) in [5, 5.41) is 0. The molecule has 1 saturated carbocycles. The van der Waals surface area contributed by atoms with Crippen molar-refractivity contribution in [2.45, 2.75) is 18.8 Å². The van der Waals surface area contributed by atoms with E-state index < -0.39 is 0 Å². The van der Waals surface area contributed by atoms with Crippen LogP contribution in [0.3, 0.4) is 0 Å². The first-order valence-electron chi connectivity index (χ1n) is 4.93. The zero-order valence-corrected chi connectivity index (χ0v) is 8.56. The molecule has 0 N–H and O–H groups in total. The highest BCUT2D eigenvalue weighted by molar-refractivity contribution is 5.78. The highest BCUT2D eigenvalue weighted by Crippen LogP contribution is 2.43. The van der Waals surface area contributed by atoms with E-state index >= 15 is 0 Å². The molecule has 1 fully saturated rings. The van der Waals surface area contributed by atoms with Crippen LogP contribution in [0.15, 0.2) is 18.3 Å². The zero-order valence-electron chi connectivity index (χ0n) is 8.56. The van der Waals surface area contributed by atoms with Crippen LogP contribution in [-0.4, -0.2) is 17.6 Å². The van der Waals surface area contributed by atoms with Crippen LogP contribution in [0.1, 0.15) is 24.5 Å². The molecule has 0 amide bonds. The normalized spacial score (nSPS) is 17.9. The number of esters is 1. The molecule has 0 saturated heterocycles. The molecule has 1 aliphatic carbocycles. The average molecular weight is 193 g/mol. The summed E-state index contributed by atoms with van der Waals surface area (Å²) in [6, 6.07) is 3.97. The maximum absolute atomic E-state index is 11.6. The van der Waals surface area contributed by atoms with Crippen LogP contribution in [-0.2, 0) is 16.6 Å². The molecule has 3 nitrogen and oxygen atoms in total. The van der Waals surface area contributed by atoms with E-state index in [0.717, 1.165) is 18.5 Å². The topological polar surface area (TPSA) is 31.2 Å². The molecule has 0 aromatic carbocycles. The summed E-state index contributed by atoms with van der Waals surface area (Å²) in [6.45, 7) is 0. The van der Waals surface area contributed by atoms with Crippen molar-refractivity contribution in [3.63, 3.8) is 0 Å². The van der Waals surface area contributed by atoms with Gasteiger partial charge in [0.2, 0.25) is 0 Å². The predicted molar refractivity (Wildman–Crippen MR) is 52.9 cm³/mol. The van der Waals surface area contributed by atoms with E-state index in [4.69, 9.17) is 4.74 Å². The molecular weight excluding hydrogens is 178 g/mol. The van der Waals surface area contributed by atoms with Crippen LogP contribution in [0.25, 0.3) is 0 Å². The Morgan fingerprint density at radius 1 is 1.64 bits per heavy atom. The Morgan fingerprint density at radius 2 is 2.36 bits per heavy atom. The van der Waals surface area contributed by atoms with Gasteiger partial charge in [-0.3, -0.25) is 4.79 Å². The molecule has 0 aliphatic heterocycles. The van der Waals surface area contributed by atoms with E-state index in [1.54, 1.807) is 0 Å². The van der Waals surface area contributed by atoms with Crippen LogP contribution in [0.2, 0.25) is 0 Å². The van der Waals surface area contributed by atoms with Gasteiger partial charge in [0.15, 0.2) is 0 Å². The molecule has 0 bridgehead atoms. The maximum atomic E-state index is 11.6. The van der Waals surface area contributed by atoms with Crippen molar-refractivity contribution in [2.24, 2.45) is 13.0 Å². The van der Waals surface area contributed by atoms with Gasteiger partial charge in [0, 0.05) is 18.9 Å². The van der Waals surface area contributed by atoms with Gasteiger partial charge in [0.1, 0.15) is 0 Å². The first-order chi connectivity index (χ1) is 6.74. The van der Waals surface area contributed by atoms with Gasteiger partial charge >= 0.3 is 5.97 Å². The molecule has 14 heavy (non-hydrogen) atoms. The third-order valence-electron chi connectivity index (χ3n) is 2.85. The summed E-state index contributed by atoms with van der Waals surface area (Å²) in [4.78, 5) is 11.6. The number of hydrogen-bond donors (Lipinski definition) is 0. The standard InChI is InChI=1S/C11H15NO2/c1-12-7-3-4-9(12)10(8-5-6-8)11(13)14-2/h3-4,7-8,10H,5-6H2,1-2H3. The molecule has 1 aliphatic rings. The van der Waals surface area contributed by atoms with Crippen molar-refractivity contribution in [2.75, 3.05) is 7.11 Å². The minimum absolute atomic E-state index is 0.0556. The number of aryl methyl sites for hydroxylation is 1. The minimum Gasteiger partial charge on any atom is -0.468 e. The molecular formula is C11H15NO2. The number of ether oxygens (including phenoxy) is 1. The lowest BCUT2D eigenvalue weighted by Gasteiger charge is -2.14. The smallest absolute Gasteiger partial charge is 0.314 e. The quantitative estimate of drug-likeness (QED) is 0.684. The molecule has 76 valence electrons.